The van der Waals surface area contributed by atoms with Gasteiger partial charge in [-0.3, -0.25) is 4.98 Å². The maximum Gasteiger partial charge on any atom is 0.354 e. The molecule has 0 radical (unpaired) electrons. The number of carbonyl (C=O) groups is 1. The summed E-state index contributed by atoms with van der Waals surface area (Å²) in [4.78, 5) is 18.2. The number of aromatic nitrogens is 2. The molecule has 0 aromatic carbocycles. The number of hydrogen-bond donors (Lipinski definition) is 1. The van der Waals surface area contributed by atoms with Gasteiger partial charge < -0.3 is 9.84 Å². The van der Waals surface area contributed by atoms with Crippen molar-refractivity contribution >= 4 is 5.97 Å². The molecule has 0 aliphatic heterocycles. The van der Waals surface area contributed by atoms with Gasteiger partial charge in [-0.05, 0) is 29.8 Å². The molecule has 2 rings (SSSR count). The Morgan fingerprint density at radius 3 is 2.59 bits per heavy atom. The van der Waals surface area contributed by atoms with E-state index in [4.69, 9.17) is 9.84 Å². The van der Waals surface area contributed by atoms with Gasteiger partial charge >= 0.3 is 5.97 Å². The lowest BCUT2D eigenvalue weighted by atomic mass is 10.3. The van der Waals surface area contributed by atoms with Crippen LogP contribution in [0, 0.1) is 0 Å². The average Bonchev–Trinajstić information content (AvgIpc) is 2.38. The maximum absolute atomic E-state index is 10.6. The SMILES string of the molecule is O=C(O)c1ccc(OCc2ccncc2)cn1. The molecule has 0 spiro atoms. The van der Waals surface area contributed by atoms with Gasteiger partial charge in [0.25, 0.3) is 0 Å². The van der Waals surface area contributed by atoms with Crippen LogP contribution in [0.1, 0.15) is 16.1 Å². The highest BCUT2D eigenvalue weighted by Crippen LogP contribution is 2.11. The third-order valence-electron chi connectivity index (χ3n) is 2.11. The molecule has 0 aliphatic rings. The van der Waals surface area contributed by atoms with Crippen LogP contribution in [0.15, 0.2) is 42.9 Å². The van der Waals surface area contributed by atoms with Gasteiger partial charge in [0.2, 0.25) is 0 Å². The van der Waals surface area contributed by atoms with E-state index in [1.807, 2.05) is 12.1 Å². The first-order valence-corrected chi connectivity index (χ1v) is 4.97. The Hall–Kier alpha value is -2.43. The minimum Gasteiger partial charge on any atom is -0.487 e. The minimum absolute atomic E-state index is 0.00117. The Balaban J connectivity index is 1.98. The first-order valence-electron chi connectivity index (χ1n) is 4.97. The Morgan fingerprint density at radius 2 is 2.00 bits per heavy atom. The summed E-state index contributed by atoms with van der Waals surface area (Å²) < 4.78 is 5.44. The van der Waals surface area contributed by atoms with E-state index in [0.29, 0.717) is 12.4 Å². The third-order valence-corrected chi connectivity index (χ3v) is 2.11. The van der Waals surface area contributed by atoms with Crippen LogP contribution < -0.4 is 4.74 Å². The maximum atomic E-state index is 10.6. The molecular formula is C12H10N2O3. The molecule has 0 bridgehead atoms. The molecule has 0 saturated carbocycles. The number of rotatable bonds is 4. The third kappa shape index (κ3) is 3.01. The van der Waals surface area contributed by atoms with Gasteiger partial charge in [-0.1, -0.05) is 0 Å². The van der Waals surface area contributed by atoms with Crippen LogP contribution in [-0.4, -0.2) is 21.0 Å². The fraction of sp³-hybridized carbons (Fsp3) is 0.0833. The van der Waals surface area contributed by atoms with Crippen LogP contribution in [-0.2, 0) is 6.61 Å². The molecule has 86 valence electrons. The number of pyridine rings is 2. The predicted molar refractivity (Wildman–Crippen MR) is 59.8 cm³/mol. The molecule has 2 aromatic heterocycles. The summed E-state index contributed by atoms with van der Waals surface area (Å²) in [7, 11) is 0. The molecule has 0 unspecified atom stereocenters. The van der Waals surface area contributed by atoms with Crippen molar-refractivity contribution < 1.29 is 14.6 Å². The number of carboxylic acid groups (broad SMARTS) is 1. The van der Waals surface area contributed by atoms with E-state index in [1.54, 1.807) is 18.5 Å². The topological polar surface area (TPSA) is 72.3 Å². The van der Waals surface area contributed by atoms with Crippen LogP contribution >= 0.6 is 0 Å². The van der Waals surface area contributed by atoms with E-state index in [0.717, 1.165) is 5.56 Å². The second kappa shape index (κ2) is 5.07. The van der Waals surface area contributed by atoms with Crippen molar-refractivity contribution in [3.63, 3.8) is 0 Å². The van der Waals surface area contributed by atoms with Crippen molar-refractivity contribution in [2.75, 3.05) is 0 Å². The second-order valence-electron chi connectivity index (χ2n) is 3.33. The molecule has 1 N–H and O–H groups in total. The summed E-state index contributed by atoms with van der Waals surface area (Å²) in [5.41, 5.74) is 0.989. The fourth-order valence-electron chi connectivity index (χ4n) is 1.24. The lowest BCUT2D eigenvalue weighted by Crippen LogP contribution is -2.01. The lowest BCUT2D eigenvalue weighted by molar-refractivity contribution is 0.0690. The Morgan fingerprint density at radius 1 is 1.24 bits per heavy atom. The van der Waals surface area contributed by atoms with Crippen LogP contribution in [0.4, 0.5) is 0 Å². The molecule has 0 aliphatic carbocycles. The van der Waals surface area contributed by atoms with Crippen molar-refractivity contribution in [1.82, 2.24) is 9.97 Å². The van der Waals surface area contributed by atoms with Gasteiger partial charge in [0.05, 0.1) is 6.20 Å². The van der Waals surface area contributed by atoms with E-state index in [9.17, 15) is 4.79 Å². The second-order valence-corrected chi connectivity index (χ2v) is 3.33. The summed E-state index contributed by atoms with van der Waals surface area (Å²) in [6.07, 6.45) is 4.76. The van der Waals surface area contributed by atoms with Crippen molar-refractivity contribution in [2.24, 2.45) is 0 Å². The largest absolute Gasteiger partial charge is 0.487 e. The highest BCUT2D eigenvalue weighted by Gasteiger charge is 2.03. The number of nitrogens with zero attached hydrogens (tertiary/aromatic N) is 2. The molecule has 0 amide bonds. The highest BCUT2D eigenvalue weighted by molar-refractivity contribution is 5.85. The summed E-state index contributed by atoms with van der Waals surface area (Å²) in [5, 5.41) is 8.67. The zero-order valence-corrected chi connectivity index (χ0v) is 8.91. The van der Waals surface area contributed by atoms with Gasteiger partial charge in [-0.2, -0.15) is 0 Å². The summed E-state index contributed by atoms with van der Waals surface area (Å²) >= 11 is 0. The number of aromatic carboxylic acids is 1. The first-order chi connectivity index (χ1) is 8.25. The average molecular weight is 230 g/mol. The molecule has 5 nitrogen and oxygen atoms in total. The van der Waals surface area contributed by atoms with E-state index in [2.05, 4.69) is 9.97 Å². The summed E-state index contributed by atoms with van der Waals surface area (Å²) in [5.74, 6) is -0.516. The van der Waals surface area contributed by atoms with Crippen molar-refractivity contribution in [2.45, 2.75) is 6.61 Å². The molecule has 2 aromatic rings. The van der Waals surface area contributed by atoms with Crippen LogP contribution in [0.5, 0.6) is 5.75 Å². The zero-order chi connectivity index (χ0) is 12.1. The van der Waals surface area contributed by atoms with Gasteiger partial charge in [-0.15, -0.1) is 0 Å². The van der Waals surface area contributed by atoms with Crippen LogP contribution in [0.2, 0.25) is 0 Å². The monoisotopic (exact) mass is 230 g/mol. The van der Waals surface area contributed by atoms with Gasteiger partial charge in [0, 0.05) is 12.4 Å². The molecule has 0 saturated heterocycles. The molecule has 0 fully saturated rings. The number of hydrogen-bond acceptors (Lipinski definition) is 4. The van der Waals surface area contributed by atoms with Crippen molar-refractivity contribution in [3.8, 4) is 5.75 Å². The number of ether oxygens (including phenoxy) is 1. The predicted octanol–water partition coefficient (Wildman–Crippen LogP) is 1.75. The van der Waals surface area contributed by atoms with E-state index >= 15 is 0 Å². The smallest absolute Gasteiger partial charge is 0.354 e. The number of carboxylic acids is 1. The molecule has 2 heterocycles. The van der Waals surface area contributed by atoms with Crippen LogP contribution in [0.3, 0.4) is 0 Å². The minimum atomic E-state index is -1.05. The Kier molecular flexibility index (Phi) is 3.30. The van der Waals surface area contributed by atoms with Crippen molar-refractivity contribution in [3.05, 3.63) is 54.1 Å². The van der Waals surface area contributed by atoms with Crippen molar-refractivity contribution in [1.29, 1.82) is 0 Å². The van der Waals surface area contributed by atoms with E-state index < -0.39 is 5.97 Å². The van der Waals surface area contributed by atoms with E-state index in [-0.39, 0.29) is 5.69 Å². The lowest BCUT2D eigenvalue weighted by Gasteiger charge is -2.05. The van der Waals surface area contributed by atoms with Gasteiger partial charge in [0.15, 0.2) is 0 Å². The Bertz CT molecular complexity index is 497. The summed E-state index contributed by atoms with van der Waals surface area (Å²) in [6.45, 7) is 0.399. The fourth-order valence-corrected chi connectivity index (χ4v) is 1.24. The normalized spacial score (nSPS) is 9.88. The first kappa shape index (κ1) is 11.1. The molecule has 0 atom stereocenters. The molecule has 17 heavy (non-hydrogen) atoms. The quantitative estimate of drug-likeness (QED) is 0.866. The standard InChI is InChI=1S/C12H10N2O3/c15-12(16)11-2-1-10(7-14-11)17-8-9-3-5-13-6-4-9/h1-7H,8H2,(H,15,16). The Labute approximate surface area is 97.7 Å². The van der Waals surface area contributed by atoms with E-state index in [1.165, 1.54) is 12.3 Å². The molecule has 5 heteroatoms. The highest BCUT2D eigenvalue weighted by atomic mass is 16.5. The van der Waals surface area contributed by atoms with Gasteiger partial charge in [0.1, 0.15) is 18.1 Å². The van der Waals surface area contributed by atoms with Crippen LogP contribution in [0.25, 0.3) is 0 Å². The molecular weight excluding hydrogens is 220 g/mol. The van der Waals surface area contributed by atoms with Gasteiger partial charge in [-0.25, -0.2) is 9.78 Å². The summed E-state index contributed by atoms with van der Waals surface area (Å²) in [6, 6.07) is 6.68. The zero-order valence-electron chi connectivity index (χ0n) is 8.91.